The predicted octanol–water partition coefficient (Wildman–Crippen LogP) is 4.22. The van der Waals surface area contributed by atoms with E-state index in [-0.39, 0.29) is 6.10 Å². The molecular weight excluding hydrogens is 252 g/mol. The minimum absolute atomic E-state index is 0.292. The zero-order valence-electron chi connectivity index (χ0n) is 9.88. The van der Waals surface area contributed by atoms with Crippen molar-refractivity contribution in [1.29, 1.82) is 0 Å². The molecule has 15 heavy (non-hydrogen) atoms. The van der Waals surface area contributed by atoms with Gasteiger partial charge >= 0.3 is 0 Å². The topological polar surface area (TPSA) is 20.2 Å². The van der Waals surface area contributed by atoms with Gasteiger partial charge in [-0.25, -0.2) is 0 Å². The maximum Gasteiger partial charge on any atom is 0.0724 e. The van der Waals surface area contributed by atoms with E-state index < -0.39 is 0 Å². The minimum atomic E-state index is -0.292. The maximum absolute atomic E-state index is 9.62. The van der Waals surface area contributed by atoms with Crippen molar-refractivity contribution in [2.45, 2.75) is 52.1 Å². The van der Waals surface area contributed by atoms with E-state index in [9.17, 15) is 5.11 Å². The Kier molecular flexibility index (Phi) is 10.4. The number of aliphatic hydroxyl groups is 1. The summed E-state index contributed by atoms with van der Waals surface area (Å²) in [5.41, 5.74) is 1.48. The highest BCUT2D eigenvalue weighted by Crippen LogP contribution is 2.15. The van der Waals surface area contributed by atoms with Crippen molar-refractivity contribution in [2.75, 3.05) is 5.33 Å². The first-order chi connectivity index (χ1) is 7.24. The first kappa shape index (κ1) is 14.9. The van der Waals surface area contributed by atoms with Gasteiger partial charge in [0.1, 0.15) is 0 Å². The Balaban J connectivity index is 3.75. The molecule has 1 nitrogen and oxygen atoms in total. The molecule has 0 aromatic rings. The minimum Gasteiger partial charge on any atom is -0.389 e. The average molecular weight is 275 g/mol. The molecule has 1 N–H and O–H groups in total. The van der Waals surface area contributed by atoms with Gasteiger partial charge in [-0.05, 0) is 32.6 Å². The van der Waals surface area contributed by atoms with E-state index in [2.05, 4.69) is 35.9 Å². The van der Waals surface area contributed by atoms with Crippen LogP contribution in [0.4, 0.5) is 0 Å². The second-order valence-electron chi connectivity index (χ2n) is 3.74. The highest BCUT2D eigenvalue weighted by molar-refractivity contribution is 9.09. The van der Waals surface area contributed by atoms with E-state index in [1.54, 1.807) is 0 Å². The Morgan fingerprint density at radius 3 is 2.67 bits per heavy atom. The van der Waals surface area contributed by atoms with E-state index >= 15 is 0 Å². The van der Waals surface area contributed by atoms with Gasteiger partial charge in [0, 0.05) is 5.33 Å². The molecule has 0 aliphatic rings. The van der Waals surface area contributed by atoms with Gasteiger partial charge in [0.05, 0.1) is 6.10 Å². The van der Waals surface area contributed by atoms with Gasteiger partial charge < -0.3 is 5.11 Å². The molecule has 2 heteroatoms. The molecule has 0 saturated carbocycles. The first-order valence-electron chi connectivity index (χ1n) is 5.79. The zero-order chi connectivity index (χ0) is 11.5. The summed E-state index contributed by atoms with van der Waals surface area (Å²) in [6, 6.07) is 0. The van der Waals surface area contributed by atoms with Gasteiger partial charge in [-0.15, -0.1) is 0 Å². The van der Waals surface area contributed by atoms with Crippen LogP contribution in [-0.4, -0.2) is 16.5 Å². The molecule has 0 aliphatic heterocycles. The van der Waals surface area contributed by atoms with E-state index in [4.69, 9.17) is 0 Å². The SMILES string of the molecule is C/C=C(\CCCC)CC[C@H](O)/C=C\CBr. The molecule has 0 saturated heterocycles. The number of hydrogen-bond acceptors (Lipinski definition) is 1. The van der Waals surface area contributed by atoms with Crippen molar-refractivity contribution >= 4 is 15.9 Å². The molecule has 0 amide bonds. The summed E-state index contributed by atoms with van der Waals surface area (Å²) in [6.07, 6.45) is 11.2. The second-order valence-corrected chi connectivity index (χ2v) is 4.39. The highest BCUT2D eigenvalue weighted by atomic mass is 79.9. The van der Waals surface area contributed by atoms with Gasteiger partial charge in [0.15, 0.2) is 0 Å². The van der Waals surface area contributed by atoms with Gasteiger partial charge in [-0.2, -0.15) is 0 Å². The summed E-state index contributed by atoms with van der Waals surface area (Å²) in [4.78, 5) is 0. The number of alkyl halides is 1. The van der Waals surface area contributed by atoms with Crippen LogP contribution in [0.2, 0.25) is 0 Å². The Labute approximate surface area is 102 Å². The number of aliphatic hydroxyl groups excluding tert-OH is 1. The van der Waals surface area contributed by atoms with Gasteiger partial charge in [-0.1, -0.05) is 53.1 Å². The molecule has 0 radical (unpaired) electrons. The fraction of sp³-hybridized carbons (Fsp3) is 0.692. The van der Waals surface area contributed by atoms with Crippen LogP contribution in [0.1, 0.15) is 46.0 Å². The monoisotopic (exact) mass is 274 g/mol. The molecule has 0 heterocycles. The van der Waals surface area contributed by atoms with Crippen molar-refractivity contribution in [3.05, 3.63) is 23.8 Å². The van der Waals surface area contributed by atoms with Crippen molar-refractivity contribution in [2.24, 2.45) is 0 Å². The second kappa shape index (κ2) is 10.4. The van der Waals surface area contributed by atoms with E-state index in [1.165, 1.54) is 24.8 Å². The van der Waals surface area contributed by atoms with Crippen molar-refractivity contribution in [1.82, 2.24) is 0 Å². The molecule has 0 aliphatic carbocycles. The summed E-state index contributed by atoms with van der Waals surface area (Å²) in [7, 11) is 0. The molecular formula is C13H23BrO. The van der Waals surface area contributed by atoms with Crippen LogP contribution in [0.3, 0.4) is 0 Å². The fourth-order valence-corrected chi connectivity index (χ4v) is 1.67. The molecule has 1 atom stereocenters. The molecule has 0 spiro atoms. The lowest BCUT2D eigenvalue weighted by Gasteiger charge is -2.08. The van der Waals surface area contributed by atoms with Gasteiger partial charge in [-0.3, -0.25) is 0 Å². The molecule has 0 unspecified atom stereocenters. The van der Waals surface area contributed by atoms with Crippen LogP contribution in [-0.2, 0) is 0 Å². The largest absolute Gasteiger partial charge is 0.389 e. The number of allylic oxidation sites excluding steroid dienone is 3. The Morgan fingerprint density at radius 2 is 2.13 bits per heavy atom. The van der Waals surface area contributed by atoms with Crippen molar-refractivity contribution in [3.8, 4) is 0 Å². The molecule has 0 fully saturated rings. The summed E-state index contributed by atoms with van der Waals surface area (Å²) >= 11 is 3.30. The van der Waals surface area contributed by atoms with Crippen molar-refractivity contribution < 1.29 is 5.11 Å². The normalized spacial score (nSPS) is 14.8. The molecule has 0 rings (SSSR count). The van der Waals surface area contributed by atoms with Gasteiger partial charge in [0.25, 0.3) is 0 Å². The summed E-state index contributed by atoms with van der Waals surface area (Å²) < 4.78 is 0. The van der Waals surface area contributed by atoms with E-state index in [1.807, 2.05) is 12.2 Å². The molecule has 0 aromatic heterocycles. The first-order valence-corrected chi connectivity index (χ1v) is 6.91. The van der Waals surface area contributed by atoms with Crippen LogP contribution >= 0.6 is 15.9 Å². The van der Waals surface area contributed by atoms with Crippen molar-refractivity contribution in [3.63, 3.8) is 0 Å². The number of rotatable bonds is 8. The lowest BCUT2D eigenvalue weighted by atomic mass is 10.0. The van der Waals surface area contributed by atoms with Crippen LogP contribution < -0.4 is 0 Å². The Bertz CT molecular complexity index is 197. The number of halogens is 1. The lowest BCUT2D eigenvalue weighted by molar-refractivity contribution is 0.212. The number of unbranched alkanes of at least 4 members (excludes halogenated alkanes) is 1. The fourth-order valence-electron chi connectivity index (χ4n) is 1.46. The Morgan fingerprint density at radius 1 is 1.40 bits per heavy atom. The van der Waals surface area contributed by atoms with Crippen LogP contribution in [0, 0.1) is 0 Å². The standard InChI is InChI=1S/C13H23BrO/c1-3-5-7-12(4-2)9-10-13(15)8-6-11-14/h4,6,8,13,15H,3,5,7,9-11H2,1-2H3/b8-6-,12-4+/t13-/m1/s1. The van der Waals surface area contributed by atoms with Crippen LogP contribution in [0.15, 0.2) is 23.8 Å². The Hall–Kier alpha value is -0.0800. The van der Waals surface area contributed by atoms with E-state index in [0.717, 1.165) is 18.2 Å². The number of hydrogen-bond donors (Lipinski definition) is 1. The quantitative estimate of drug-likeness (QED) is 0.519. The third kappa shape index (κ3) is 8.88. The average Bonchev–Trinajstić information content (AvgIpc) is 2.26. The summed E-state index contributed by atoms with van der Waals surface area (Å²) in [5, 5.41) is 10.4. The summed E-state index contributed by atoms with van der Waals surface area (Å²) in [6.45, 7) is 4.30. The maximum atomic E-state index is 9.62. The highest BCUT2D eigenvalue weighted by Gasteiger charge is 2.01. The van der Waals surface area contributed by atoms with Gasteiger partial charge in [0.2, 0.25) is 0 Å². The molecule has 0 aromatic carbocycles. The van der Waals surface area contributed by atoms with Crippen LogP contribution in [0.25, 0.3) is 0 Å². The third-order valence-electron chi connectivity index (χ3n) is 2.47. The lowest BCUT2D eigenvalue weighted by Crippen LogP contribution is -2.02. The van der Waals surface area contributed by atoms with E-state index in [0.29, 0.717) is 0 Å². The molecule has 0 bridgehead atoms. The smallest absolute Gasteiger partial charge is 0.0724 e. The predicted molar refractivity (Wildman–Crippen MR) is 71.5 cm³/mol. The van der Waals surface area contributed by atoms with Crippen LogP contribution in [0.5, 0.6) is 0 Å². The zero-order valence-corrected chi connectivity index (χ0v) is 11.5. The molecule has 88 valence electrons. The third-order valence-corrected chi connectivity index (χ3v) is 2.84. The summed E-state index contributed by atoms with van der Waals surface area (Å²) in [5.74, 6) is 0.